The van der Waals surface area contributed by atoms with Gasteiger partial charge in [0, 0.05) is 22.7 Å². The maximum absolute atomic E-state index is 13.9. The monoisotopic (exact) mass is 282 g/mol. The van der Waals surface area contributed by atoms with Crippen LogP contribution in [0.25, 0.3) is 22.2 Å². The second-order valence-electron chi connectivity index (χ2n) is 4.87. The Balaban J connectivity index is 2.32. The summed E-state index contributed by atoms with van der Waals surface area (Å²) < 4.78 is 18.9. The van der Waals surface area contributed by atoms with E-state index in [1.807, 2.05) is 37.3 Å². The number of hydrogen-bond acceptors (Lipinski definition) is 3. The number of rotatable bonds is 2. The summed E-state index contributed by atoms with van der Waals surface area (Å²) in [6.45, 7) is 1.92. The first kappa shape index (κ1) is 13.4. The van der Waals surface area contributed by atoms with Crippen LogP contribution in [0.15, 0.2) is 42.5 Å². The van der Waals surface area contributed by atoms with Gasteiger partial charge >= 0.3 is 0 Å². The molecule has 3 nitrogen and oxygen atoms in total. The van der Waals surface area contributed by atoms with Crippen molar-refractivity contribution in [1.82, 2.24) is 4.98 Å². The van der Waals surface area contributed by atoms with E-state index in [4.69, 9.17) is 10.5 Å². The molecule has 0 aliphatic rings. The van der Waals surface area contributed by atoms with Crippen molar-refractivity contribution >= 4 is 16.6 Å². The molecule has 0 atom stereocenters. The number of pyridine rings is 1. The number of fused-ring (bicyclic) bond motifs is 1. The maximum atomic E-state index is 13.9. The Kier molecular flexibility index (Phi) is 3.22. The van der Waals surface area contributed by atoms with E-state index in [2.05, 4.69) is 4.98 Å². The normalized spacial score (nSPS) is 10.8. The van der Waals surface area contributed by atoms with Crippen LogP contribution in [-0.4, -0.2) is 12.1 Å². The fourth-order valence-electron chi connectivity index (χ4n) is 2.42. The lowest BCUT2D eigenvalue weighted by atomic mass is 10.0. The zero-order chi connectivity index (χ0) is 15.0. The molecule has 0 radical (unpaired) electrons. The minimum atomic E-state index is -0.445. The van der Waals surface area contributed by atoms with Crippen molar-refractivity contribution in [2.45, 2.75) is 6.92 Å². The Labute approximate surface area is 122 Å². The fourth-order valence-corrected chi connectivity index (χ4v) is 2.42. The van der Waals surface area contributed by atoms with E-state index in [-0.39, 0.29) is 5.75 Å². The van der Waals surface area contributed by atoms with Gasteiger partial charge in [0.05, 0.1) is 18.3 Å². The molecule has 0 spiro atoms. The van der Waals surface area contributed by atoms with E-state index in [0.717, 1.165) is 16.8 Å². The molecule has 4 heteroatoms. The van der Waals surface area contributed by atoms with Crippen LogP contribution in [0.5, 0.6) is 5.75 Å². The first-order valence-electron chi connectivity index (χ1n) is 6.60. The average Bonchev–Trinajstić information content (AvgIpc) is 2.51. The predicted molar refractivity (Wildman–Crippen MR) is 82.8 cm³/mol. The summed E-state index contributed by atoms with van der Waals surface area (Å²) in [5, 5.41) is 0.699. The van der Waals surface area contributed by atoms with Gasteiger partial charge in [0.1, 0.15) is 0 Å². The van der Waals surface area contributed by atoms with Crippen molar-refractivity contribution in [3.8, 4) is 17.0 Å². The summed E-state index contributed by atoms with van der Waals surface area (Å²) in [5.41, 5.74) is 9.93. The first-order valence-corrected chi connectivity index (χ1v) is 6.60. The molecule has 0 aliphatic heterocycles. The Bertz CT molecular complexity index is 816. The van der Waals surface area contributed by atoms with Crippen molar-refractivity contribution in [1.29, 1.82) is 0 Å². The SMILES string of the molecule is COc1cc2c(N)c(C)c(-c3ccccc3)nc2cc1F. The van der Waals surface area contributed by atoms with Gasteiger partial charge in [-0.3, -0.25) is 0 Å². The molecule has 2 N–H and O–H groups in total. The van der Waals surface area contributed by atoms with E-state index < -0.39 is 5.82 Å². The molecule has 0 saturated heterocycles. The molecule has 0 unspecified atom stereocenters. The van der Waals surface area contributed by atoms with Crippen LogP contribution in [-0.2, 0) is 0 Å². The van der Waals surface area contributed by atoms with Crippen LogP contribution in [0, 0.1) is 12.7 Å². The summed E-state index contributed by atoms with van der Waals surface area (Å²) >= 11 is 0. The standard InChI is InChI=1S/C17H15FN2O/c1-10-16(19)12-8-15(21-2)13(18)9-14(12)20-17(10)11-6-4-3-5-7-11/h3-9H,1-2H3,(H2,19,20). The van der Waals surface area contributed by atoms with Gasteiger partial charge in [-0.05, 0) is 18.6 Å². The molecule has 3 aromatic rings. The number of nitrogens with zero attached hydrogens (tertiary/aromatic N) is 1. The van der Waals surface area contributed by atoms with Gasteiger partial charge in [0.15, 0.2) is 11.6 Å². The Morgan fingerprint density at radius 3 is 2.52 bits per heavy atom. The molecule has 0 fully saturated rings. The smallest absolute Gasteiger partial charge is 0.167 e. The third kappa shape index (κ3) is 2.18. The number of nitrogens with two attached hydrogens (primary N) is 1. The molecule has 1 aromatic heterocycles. The summed E-state index contributed by atoms with van der Waals surface area (Å²) in [4.78, 5) is 4.57. The number of aromatic nitrogens is 1. The first-order chi connectivity index (χ1) is 10.1. The second kappa shape index (κ2) is 5.05. The van der Waals surface area contributed by atoms with E-state index in [0.29, 0.717) is 16.6 Å². The number of methoxy groups -OCH3 is 1. The average molecular weight is 282 g/mol. The van der Waals surface area contributed by atoms with Gasteiger partial charge in [-0.25, -0.2) is 9.37 Å². The largest absolute Gasteiger partial charge is 0.494 e. The van der Waals surface area contributed by atoms with Crippen LogP contribution in [0.2, 0.25) is 0 Å². The summed E-state index contributed by atoms with van der Waals surface area (Å²) in [5.74, 6) is -0.275. The lowest BCUT2D eigenvalue weighted by Crippen LogP contribution is -1.99. The highest BCUT2D eigenvalue weighted by Crippen LogP contribution is 2.34. The quantitative estimate of drug-likeness (QED) is 0.774. The molecule has 1 heterocycles. The molecule has 21 heavy (non-hydrogen) atoms. The Morgan fingerprint density at radius 1 is 1.14 bits per heavy atom. The maximum Gasteiger partial charge on any atom is 0.167 e. The second-order valence-corrected chi connectivity index (χ2v) is 4.87. The number of halogens is 1. The van der Waals surface area contributed by atoms with E-state index >= 15 is 0 Å². The topological polar surface area (TPSA) is 48.1 Å². The third-order valence-corrected chi connectivity index (χ3v) is 3.60. The number of hydrogen-bond donors (Lipinski definition) is 1. The molecule has 0 bridgehead atoms. The van der Waals surface area contributed by atoms with Crippen LogP contribution in [0.1, 0.15) is 5.56 Å². The molecular weight excluding hydrogens is 267 g/mol. The van der Waals surface area contributed by atoms with Gasteiger partial charge in [-0.15, -0.1) is 0 Å². The lowest BCUT2D eigenvalue weighted by molar-refractivity contribution is 0.387. The van der Waals surface area contributed by atoms with Crippen molar-refractivity contribution in [3.63, 3.8) is 0 Å². The van der Waals surface area contributed by atoms with Gasteiger partial charge in [0.25, 0.3) is 0 Å². The Morgan fingerprint density at radius 2 is 1.86 bits per heavy atom. The molecule has 0 saturated carbocycles. The molecule has 106 valence electrons. The Hall–Kier alpha value is -2.62. The van der Waals surface area contributed by atoms with Crippen LogP contribution in [0.4, 0.5) is 10.1 Å². The highest BCUT2D eigenvalue weighted by molar-refractivity contribution is 5.96. The molecule has 0 aliphatic carbocycles. The number of benzene rings is 2. The zero-order valence-corrected chi connectivity index (χ0v) is 11.9. The lowest BCUT2D eigenvalue weighted by Gasteiger charge is -2.13. The highest BCUT2D eigenvalue weighted by Gasteiger charge is 2.14. The van der Waals surface area contributed by atoms with Gasteiger partial charge in [-0.1, -0.05) is 30.3 Å². The third-order valence-electron chi connectivity index (χ3n) is 3.60. The van der Waals surface area contributed by atoms with Crippen molar-refractivity contribution < 1.29 is 9.13 Å². The molecule has 3 rings (SSSR count). The van der Waals surface area contributed by atoms with Crippen molar-refractivity contribution in [2.75, 3.05) is 12.8 Å². The van der Waals surface area contributed by atoms with Crippen LogP contribution in [0.3, 0.4) is 0 Å². The predicted octanol–water partition coefficient (Wildman–Crippen LogP) is 3.94. The summed E-state index contributed by atoms with van der Waals surface area (Å²) in [6, 6.07) is 12.7. The molecule has 2 aromatic carbocycles. The van der Waals surface area contributed by atoms with Crippen molar-refractivity contribution in [3.05, 3.63) is 53.8 Å². The van der Waals surface area contributed by atoms with E-state index in [1.165, 1.54) is 13.2 Å². The van der Waals surface area contributed by atoms with Crippen LogP contribution < -0.4 is 10.5 Å². The van der Waals surface area contributed by atoms with E-state index in [9.17, 15) is 4.39 Å². The van der Waals surface area contributed by atoms with Crippen LogP contribution >= 0.6 is 0 Å². The molecule has 0 amide bonds. The van der Waals surface area contributed by atoms with Crippen molar-refractivity contribution in [2.24, 2.45) is 0 Å². The summed E-state index contributed by atoms with van der Waals surface area (Å²) in [7, 11) is 1.43. The number of anilines is 1. The highest BCUT2D eigenvalue weighted by atomic mass is 19.1. The van der Waals surface area contributed by atoms with E-state index in [1.54, 1.807) is 6.07 Å². The number of ether oxygens (including phenoxy) is 1. The van der Waals surface area contributed by atoms with Gasteiger partial charge in [0.2, 0.25) is 0 Å². The minimum Gasteiger partial charge on any atom is -0.494 e. The van der Waals surface area contributed by atoms with Gasteiger partial charge < -0.3 is 10.5 Å². The minimum absolute atomic E-state index is 0.169. The van der Waals surface area contributed by atoms with Gasteiger partial charge in [-0.2, -0.15) is 0 Å². The zero-order valence-electron chi connectivity index (χ0n) is 11.9. The molecular formula is C17H15FN2O. The summed E-state index contributed by atoms with van der Waals surface area (Å²) in [6.07, 6.45) is 0. The number of nitrogen functional groups attached to an aromatic ring is 1. The fraction of sp³-hybridized carbons (Fsp3) is 0.118.